The van der Waals surface area contributed by atoms with Gasteiger partial charge in [0, 0.05) is 24.5 Å². The molecule has 1 aliphatic rings. The second-order valence-electron chi connectivity index (χ2n) is 4.59. The first-order valence-corrected chi connectivity index (χ1v) is 7.39. The van der Waals surface area contributed by atoms with Crippen LogP contribution in [0.4, 0.5) is 0 Å². The molecule has 2 rings (SSSR count). The molecule has 0 saturated carbocycles. The number of nitrogens with one attached hydrogen (secondary N) is 2. The molecule has 102 valence electrons. The predicted molar refractivity (Wildman–Crippen MR) is 65.4 cm³/mol. The van der Waals surface area contributed by atoms with E-state index in [4.69, 9.17) is 9.84 Å². The van der Waals surface area contributed by atoms with Gasteiger partial charge in [0.05, 0.1) is 18.1 Å². The minimum atomic E-state index is -3.53. The molecule has 0 radical (unpaired) electrons. The monoisotopic (exact) mass is 274 g/mol. The van der Waals surface area contributed by atoms with Gasteiger partial charge in [0.15, 0.2) is 0 Å². The summed E-state index contributed by atoms with van der Waals surface area (Å²) < 4.78 is 32.2. The second-order valence-corrected chi connectivity index (χ2v) is 6.30. The number of aliphatic hydroxyl groups excluding tert-OH is 1. The Hall–Kier alpha value is -0.890. The molecule has 0 bridgehead atoms. The highest BCUT2D eigenvalue weighted by Crippen LogP contribution is 2.18. The number of sulfonamides is 1. The van der Waals surface area contributed by atoms with Crippen LogP contribution >= 0.6 is 0 Å². The molecular formula is C11H18N2O4S. The highest BCUT2D eigenvalue weighted by Gasteiger charge is 2.27. The fourth-order valence-electron chi connectivity index (χ4n) is 1.99. The third kappa shape index (κ3) is 2.92. The Morgan fingerprint density at radius 2 is 2.39 bits per heavy atom. The van der Waals surface area contributed by atoms with Gasteiger partial charge < -0.3 is 14.8 Å². The first-order valence-electron chi connectivity index (χ1n) is 5.91. The molecule has 0 aliphatic carbocycles. The van der Waals surface area contributed by atoms with Crippen LogP contribution in [0.2, 0.25) is 0 Å². The van der Waals surface area contributed by atoms with Gasteiger partial charge in [0.1, 0.15) is 0 Å². The van der Waals surface area contributed by atoms with Crippen LogP contribution in [0.3, 0.4) is 0 Å². The molecule has 1 saturated heterocycles. The zero-order valence-electron chi connectivity index (χ0n) is 10.2. The van der Waals surface area contributed by atoms with Crippen LogP contribution in [0.1, 0.15) is 19.0 Å². The molecule has 1 aliphatic heterocycles. The Morgan fingerprint density at radius 3 is 3.00 bits per heavy atom. The first-order chi connectivity index (χ1) is 8.53. The number of H-pyrrole nitrogens is 1. The zero-order valence-corrected chi connectivity index (χ0v) is 11.0. The second kappa shape index (κ2) is 5.40. The Balaban J connectivity index is 2.11. The molecule has 2 unspecified atom stereocenters. The van der Waals surface area contributed by atoms with E-state index in [0.717, 1.165) is 0 Å². The summed E-state index contributed by atoms with van der Waals surface area (Å²) in [5.74, 6) is 0.157. The Bertz CT molecular complexity index is 497. The summed E-state index contributed by atoms with van der Waals surface area (Å²) in [6, 6.07) is 1.34. The lowest BCUT2D eigenvalue weighted by molar-refractivity contribution is 0.0450. The van der Waals surface area contributed by atoms with Crippen LogP contribution in [-0.2, 0) is 21.4 Å². The molecule has 0 amide bonds. The minimum absolute atomic E-state index is 0.101. The molecule has 1 fully saturated rings. The summed E-state index contributed by atoms with van der Waals surface area (Å²) in [6.07, 6.45) is 2.07. The molecule has 1 aromatic heterocycles. The van der Waals surface area contributed by atoms with Crippen LogP contribution in [0.15, 0.2) is 17.2 Å². The third-order valence-electron chi connectivity index (χ3n) is 3.14. The number of ether oxygens (including phenoxy) is 1. The van der Waals surface area contributed by atoms with Crippen LogP contribution in [-0.4, -0.2) is 37.8 Å². The maximum absolute atomic E-state index is 12.1. The van der Waals surface area contributed by atoms with E-state index >= 15 is 0 Å². The molecule has 7 heteroatoms. The largest absolute Gasteiger partial charge is 0.390 e. The maximum atomic E-state index is 12.1. The van der Waals surface area contributed by atoms with Crippen molar-refractivity contribution >= 4 is 10.0 Å². The number of aliphatic hydroxyl groups is 1. The van der Waals surface area contributed by atoms with Gasteiger partial charge in [-0.05, 0) is 18.4 Å². The van der Waals surface area contributed by atoms with Crippen molar-refractivity contribution in [2.45, 2.75) is 30.9 Å². The summed E-state index contributed by atoms with van der Waals surface area (Å²) in [4.78, 5) is 2.87. The zero-order chi connectivity index (χ0) is 13.2. The molecule has 2 heterocycles. The number of aromatic nitrogens is 1. The van der Waals surface area contributed by atoms with Crippen LogP contribution in [0.25, 0.3) is 0 Å². The SMILES string of the molecule is CC1COCCC1NS(=O)(=O)c1c[nH]c(CO)c1. The van der Waals surface area contributed by atoms with E-state index in [1.165, 1.54) is 12.3 Å². The number of hydrogen-bond acceptors (Lipinski definition) is 4. The normalized spacial score (nSPS) is 25.2. The predicted octanol–water partition coefficient (Wildman–Crippen LogP) is 0.210. The fraction of sp³-hybridized carbons (Fsp3) is 0.636. The average Bonchev–Trinajstić information content (AvgIpc) is 2.81. The van der Waals surface area contributed by atoms with Gasteiger partial charge in [-0.1, -0.05) is 6.92 Å². The van der Waals surface area contributed by atoms with E-state index < -0.39 is 10.0 Å². The molecule has 0 spiro atoms. The third-order valence-corrected chi connectivity index (χ3v) is 4.61. The van der Waals surface area contributed by atoms with Gasteiger partial charge in [0.2, 0.25) is 10.0 Å². The van der Waals surface area contributed by atoms with E-state index in [0.29, 0.717) is 25.3 Å². The standard InChI is InChI=1S/C11H18N2O4S/c1-8-7-17-3-2-11(8)13-18(15,16)10-4-9(6-14)12-5-10/h4-5,8,11-14H,2-3,6-7H2,1H3. The fourth-order valence-corrected chi connectivity index (χ4v) is 3.38. The smallest absolute Gasteiger partial charge is 0.242 e. The van der Waals surface area contributed by atoms with E-state index in [1.54, 1.807) is 0 Å². The Morgan fingerprint density at radius 1 is 1.61 bits per heavy atom. The van der Waals surface area contributed by atoms with Crippen molar-refractivity contribution in [3.8, 4) is 0 Å². The molecule has 18 heavy (non-hydrogen) atoms. The summed E-state index contributed by atoms with van der Waals surface area (Å²) in [5, 5.41) is 8.92. The van der Waals surface area contributed by atoms with E-state index in [1.807, 2.05) is 6.92 Å². The van der Waals surface area contributed by atoms with Gasteiger partial charge in [0.25, 0.3) is 0 Å². The quantitative estimate of drug-likeness (QED) is 0.732. The Labute approximate surface area is 106 Å². The van der Waals surface area contributed by atoms with Gasteiger partial charge in [-0.3, -0.25) is 0 Å². The van der Waals surface area contributed by atoms with Gasteiger partial charge in [-0.25, -0.2) is 13.1 Å². The lowest BCUT2D eigenvalue weighted by atomic mass is 9.99. The topological polar surface area (TPSA) is 91.4 Å². The Kier molecular flexibility index (Phi) is 4.06. The summed E-state index contributed by atoms with van der Waals surface area (Å²) in [5.41, 5.74) is 0.482. The molecule has 3 N–H and O–H groups in total. The first kappa shape index (κ1) is 13.5. The maximum Gasteiger partial charge on any atom is 0.242 e. The lowest BCUT2D eigenvalue weighted by Gasteiger charge is -2.29. The molecule has 2 atom stereocenters. The van der Waals surface area contributed by atoms with Crippen LogP contribution in [0, 0.1) is 5.92 Å². The van der Waals surface area contributed by atoms with Crippen molar-refractivity contribution in [3.63, 3.8) is 0 Å². The average molecular weight is 274 g/mol. The summed E-state index contributed by atoms with van der Waals surface area (Å²) >= 11 is 0. The highest BCUT2D eigenvalue weighted by molar-refractivity contribution is 7.89. The van der Waals surface area contributed by atoms with E-state index in [9.17, 15) is 8.42 Å². The van der Waals surface area contributed by atoms with Crippen LogP contribution < -0.4 is 4.72 Å². The van der Waals surface area contributed by atoms with Crippen molar-refractivity contribution in [3.05, 3.63) is 18.0 Å². The van der Waals surface area contributed by atoms with Crippen LogP contribution in [0.5, 0.6) is 0 Å². The van der Waals surface area contributed by atoms with Gasteiger partial charge in [-0.15, -0.1) is 0 Å². The minimum Gasteiger partial charge on any atom is -0.390 e. The molecule has 1 aromatic rings. The number of rotatable bonds is 4. The summed E-state index contributed by atoms with van der Waals surface area (Å²) in [6.45, 7) is 2.90. The van der Waals surface area contributed by atoms with Crippen molar-refractivity contribution in [1.82, 2.24) is 9.71 Å². The van der Waals surface area contributed by atoms with Crippen molar-refractivity contribution in [2.75, 3.05) is 13.2 Å². The molecule has 0 aromatic carbocycles. The molecule has 6 nitrogen and oxygen atoms in total. The van der Waals surface area contributed by atoms with Crippen molar-refractivity contribution < 1.29 is 18.3 Å². The number of hydrogen-bond donors (Lipinski definition) is 3. The lowest BCUT2D eigenvalue weighted by Crippen LogP contribution is -2.44. The van der Waals surface area contributed by atoms with Crippen molar-refractivity contribution in [2.24, 2.45) is 5.92 Å². The number of aromatic amines is 1. The van der Waals surface area contributed by atoms with Gasteiger partial charge in [-0.2, -0.15) is 0 Å². The van der Waals surface area contributed by atoms with Gasteiger partial charge >= 0.3 is 0 Å². The summed E-state index contributed by atoms with van der Waals surface area (Å²) in [7, 11) is -3.53. The van der Waals surface area contributed by atoms with E-state index in [-0.39, 0.29) is 23.5 Å². The van der Waals surface area contributed by atoms with E-state index in [2.05, 4.69) is 9.71 Å². The molecular weight excluding hydrogens is 256 g/mol. The highest BCUT2D eigenvalue weighted by atomic mass is 32.2. The van der Waals surface area contributed by atoms with Crippen molar-refractivity contribution in [1.29, 1.82) is 0 Å².